The van der Waals surface area contributed by atoms with Crippen LogP contribution < -0.4 is 5.32 Å². The van der Waals surface area contributed by atoms with Crippen LogP contribution in [0.4, 0.5) is 0 Å². The van der Waals surface area contributed by atoms with Crippen LogP contribution in [0.3, 0.4) is 0 Å². The lowest BCUT2D eigenvalue weighted by atomic mass is 9.47. The van der Waals surface area contributed by atoms with Crippen LogP contribution in [0.5, 0.6) is 0 Å². The van der Waals surface area contributed by atoms with Crippen molar-refractivity contribution in [1.82, 2.24) is 5.32 Å². The highest BCUT2D eigenvalue weighted by molar-refractivity contribution is 5.91. The summed E-state index contributed by atoms with van der Waals surface area (Å²) in [6.45, 7) is 4.65. The fraction of sp³-hybridized carbons (Fsp3) is 0.625. The first-order valence-corrected chi connectivity index (χ1v) is 14.6. The van der Waals surface area contributed by atoms with Crippen LogP contribution in [0.15, 0.2) is 42.0 Å². The van der Waals surface area contributed by atoms with Crippen molar-refractivity contribution in [2.75, 3.05) is 0 Å². The van der Waals surface area contributed by atoms with Gasteiger partial charge in [-0.2, -0.15) is 0 Å². The number of nitrogens with one attached hydrogen (secondary N) is 1. The van der Waals surface area contributed by atoms with Gasteiger partial charge in [-0.05, 0) is 79.8 Å². The van der Waals surface area contributed by atoms with E-state index in [1.54, 1.807) is 0 Å². The molecule has 0 saturated heterocycles. The fourth-order valence-electron chi connectivity index (χ4n) is 8.45. The average molecular weight is 536 g/mol. The second-order valence-corrected chi connectivity index (χ2v) is 12.7. The maximum Gasteiger partial charge on any atom is 0.326 e. The number of carbonyl (C=O) groups is 4. The lowest BCUT2D eigenvalue weighted by Crippen LogP contribution is -2.51. The van der Waals surface area contributed by atoms with Crippen LogP contribution in [0.2, 0.25) is 0 Å². The minimum absolute atomic E-state index is 0.0624. The maximum absolute atomic E-state index is 12.8. The molecule has 2 N–H and O–H groups in total. The molecule has 210 valence electrons. The van der Waals surface area contributed by atoms with Gasteiger partial charge in [-0.15, -0.1) is 0 Å². The Labute approximate surface area is 230 Å². The van der Waals surface area contributed by atoms with E-state index in [0.717, 1.165) is 50.5 Å². The van der Waals surface area contributed by atoms with Gasteiger partial charge in [0.05, 0.1) is 6.42 Å². The lowest BCUT2D eigenvalue weighted by Gasteiger charge is -2.57. The normalized spacial score (nSPS) is 34.1. The summed E-state index contributed by atoms with van der Waals surface area (Å²) in [6.07, 6.45) is 9.51. The Bertz CT molecular complexity index is 1160. The third kappa shape index (κ3) is 5.42. The van der Waals surface area contributed by atoms with E-state index >= 15 is 0 Å². The number of hydrogen-bond acceptors (Lipinski definition) is 5. The van der Waals surface area contributed by atoms with Gasteiger partial charge in [0.25, 0.3) is 0 Å². The molecule has 0 unspecified atom stereocenters. The quantitative estimate of drug-likeness (QED) is 0.452. The number of esters is 1. The van der Waals surface area contributed by atoms with E-state index in [1.807, 2.05) is 36.4 Å². The van der Waals surface area contributed by atoms with E-state index in [0.29, 0.717) is 24.2 Å². The first kappa shape index (κ1) is 27.6. The van der Waals surface area contributed by atoms with Crippen molar-refractivity contribution in [3.8, 4) is 0 Å². The summed E-state index contributed by atoms with van der Waals surface area (Å²) >= 11 is 0. The molecule has 4 aliphatic carbocycles. The molecule has 4 aliphatic rings. The highest BCUT2D eigenvalue weighted by atomic mass is 16.5. The summed E-state index contributed by atoms with van der Waals surface area (Å²) in [6, 6.07) is 8.10. The van der Waals surface area contributed by atoms with Crippen molar-refractivity contribution < 1.29 is 29.0 Å². The molecule has 3 saturated carbocycles. The zero-order valence-corrected chi connectivity index (χ0v) is 23.1. The summed E-state index contributed by atoms with van der Waals surface area (Å²) in [5.74, 6) is -0.00180. The lowest BCUT2D eigenvalue weighted by molar-refractivity contribution is -0.160. The highest BCUT2D eigenvalue weighted by Gasteiger charge is 2.59. The fourth-order valence-corrected chi connectivity index (χ4v) is 8.45. The van der Waals surface area contributed by atoms with Gasteiger partial charge in [0.1, 0.15) is 12.1 Å². The van der Waals surface area contributed by atoms with Gasteiger partial charge in [-0.3, -0.25) is 14.4 Å². The van der Waals surface area contributed by atoms with E-state index in [2.05, 4.69) is 19.2 Å². The smallest absolute Gasteiger partial charge is 0.326 e. The summed E-state index contributed by atoms with van der Waals surface area (Å²) in [5.41, 5.74) is 2.23. The molecular formula is C32H41NO6. The van der Waals surface area contributed by atoms with Crippen LogP contribution in [0, 0.1) is 28.6 Å². The van der Waals surface area contributed by atoms with Crippen LogP contribution in [-0.2, 0) is 30.3 Å². The molecule has 0 spiro atoms. The summed E-state index contributed by atoms with van der Waals surface area (Å²) in [7, 11) is 0. The third-order valence-corrected chi connectivity index (χ3v) is 10.6. The molecule has 0 bridgehead atoms. The molecule has 0 radical (unpaired) electrons. The Morgan fingerprint density at radius 3 is 2.51 bits per heavy atom. The summed E-state index contributed by atoms with van der Waals surface area (Å²) in [4.78, 5) is 49.1. The van der Waals surface area contributed by atoms with E-state index in [-0.39, 0.29) is 47.9 Å². The molecule has 7 heteroatoms. The number of carboxylic acid groups (broad SMARTS) is 1. The first-order chi connectivity index (χ1) is 18.6. The van der Waals surface area contributed by atoms with Crippen molar-refractivity contribution >= 4 is 23.6 Å². The van der Waals surface area contributed by atoms with Crippen molar-refractivity contribution in [3.63, 3.8) is 0 Å². The number of ketones is 1. The largest absolute Gasteiger partial charge is 0.480 e. The Morgan fingerprint density at radius 1 is 1.00 bits per heavy atom. The molecular weight excluding hydrogens is 494 g/mol. The van der Waals surface area contributed by atoms with Crippen LogP contribution in [-0.4, -0.2) is 40.9 Å². The zero-order chi connectivity index (χ0) is 27.8. The van der Waals surface area contributed by atoms with Crippen molar-refractivity contribution in [3.05, 3.63) is 47.5 Å². The maximum atomic E-state index is 12.8. The van der Waals surface area contributed by atoms with E-state index in [1.165, 1.54) is 5.57 Å². The number of rotatable bonds is 8. The standard InChI is InChI=1S/C32H41NO6/c1-31-16-14-22(34)19-21(31)8-9-23-24-10-11-27(32(24,2)17-15-25(23)31)39-29(36)13-12-28(35)33-26(30(37)38)18-20-6-4-3-5-7-20/h3-7,19,23-27H,8-18H2,1-2H3,(H,33,35)(H,37,38)/t23-,24-,25-,26-,27+,31-,32-/m0/s1. The zero-order valence-electron chi connectivity index (χ0n) is 23.1. The van der Waals surface area contributed by atoms with Crippen molar-refractivity contribution in [2.45, 2.75) is 96.6 Å². The Kier molecular flexibility index (Phi) is 7.71. The topological polar surface area (TPSA) is 110 Å². The molecule has 3 fully saturated rings. The van der Waals surface area contributed by atoms with Gasteiger partial charge in [-0.25, -0.2) is 4.79 Å². The van der Waals surface area contributed by atoms with Gasteiger partial charge in [-0.1, -0.05) is 49.8 Å². The molecule has 0 aliphatic heterocycles. The monoisotopic (exact) mass is 535 g/mol. The number of fused-ring (bicyclic) bond motifs is 5. The van der Waals surface area contributed by atoms with Crippen LogP contribution >= 0.6 is 0 Å². The van der Waals surface area contributed by atoms with E-state index < -0.39 is 17.9 Å². The molecule has 7 nitrogen and oxygen atoms in total. The van der Waals surface area contributed by atoms with Gasteiger partial charge < -0.3 is 15.2 Å². The van der Waals surface area contributed by atoms with Gasteiger partial charge >= 0.3 is 11.9 Å². The Hall–Kier alpha value is -2.96. The predicted octanol–water partition coefficient (Wildman–Crippen LogP) is 5.02. The van der Waals surface area contributed by atoms with E-state index in [9.17, 15) is 24.3 Å². The summed E-state index contributed by atoms with van der Waals surface area (Å²) < 4.78 is 6.02. The summed E-state index contributed by atoms with van der Waals surface area (Å²) in [5, 5.41) is 12.1. The minimum atomic E-state index is -1.10. The number of hydrogen-bond donors (Lipinski definition) is 2. The number of allylic oxidation sites excluding steroid dienone is 1. The molecule has 7 atom stereocenters. The average Bonchev–Trinajstić information content (AvgIpc) is 3.24. The Morgan fingerprint density at radius 2 is 1.77 bits per heavy atom. The number of carboxylic acids is 1. The molecule has 0 heterocycles. The number of carbonyl (C=O) groups excluding carboxylic acids is 3. The number of ether oxygens (including phenoxy) is 1. The number of benzene rings is 1. The molecule has 39 heavy (non-hydrogen) atoms. The molecule has 0 aromatic heterocycles. The van der Waals surface area contributed by atoms with Crippen LogP contribution in [0.25, 0.3) is 0 Å². The predicted molar refractivity (Wildman–Crippen MR) is 146 cm³/mol. The molecule has 1 aromatic carbocycles. The van der Waals surface area contributed by atoms with Gasteiger partial charge in [0.15, 0.2) is 5.78 Å². The van der Waals surface area contributed by atoms with Gasteiger partial charge in [0.2, 0.25) is 5.91 Å². The Balaban J connectivity index is 1.15. The SMILES string of the molecule is C[C@]12CC[C@H]3[C@@H](CCC4=CC(=O)CC[C@@]43C)[C@@H]1CC[C@H]2OC(=O)CCC(=O)N[C@@H](Cc1ccccc1)C(=O)O. The molecule has 1 amide bonds. The first-order valence-electron chi connectivity index (χ1n) is 14.6. The second-order valence-electron chi connectivity index (χ2n) is 12.7. The molecule has 5 rings (SSSR count). The van der Waals surface area contributed by atoms with E-state index in [4.69, 9.17) is 4.74 Å². The molecule has 1 aromatic rings. The number of amides is 1. The third-order valence-electron chi connectivity index (χ3n) is 10.6. The number of aliphatic carboxylic acids is 1. The van der Waals surface area contributed by atoms with Gasteiger partial charge in [0, 0.05) is 24.7 Å². The highest BCUT2D eigenvalue weighted by Crippen LogP contribution is 2.65. The van der Waals surface area contributed by atoms with Crippen molar-refractivity contribution in [1.29, 1.82) is 0 Å². The second kappa shape index (κ2) is 10.9. The van der Waals surface area contributed by atoms with Crippen LogP contribution in [0.1, 0.15) is 83.6 Å². The minimum Gasteiger partial charge on any atom is -0.480 e. The van der Waals surface area contributed by atoms with Crippen molar-refractivity contribution in [2.24, 2.45) is 28.6 Å².